The average molecular weight is 502 g/mol. The molecule has 0 unspecified atom stereocenters. The molecule has 1 amide bonds. The van der Waals surface area contributed by atoms with Crippen molar-refractivity contribution in [3.63, 3.8) is 0 Å². The molecule has 1 heterocycles. The second kappa shape index (κ2) is 10.3. The molecule has 1 aromatic carbocycles. The van der Waals surface area contributed by atoms with E-state index in [0.29, 0.717) is 12.0 Å². The number of nitrogens with one attached hydrogen (secondary N) is 1. The maximum absolute atomic E-state index is 13.5. The van der Waals surface area contributed by atoms with E-state index in [2.05, 4.69) is 5.32 Å². The summed E-state index contributed by atoms with van der Waals surface area (Å²) in [7, 11) is 1.28. The molecule has 1 aliphatic heterocycles. The van der Waals surface area contributed by atoms with Gasteiger partial charge in [-0.1, -0.05) is 43.3 Å². The number of carbonyl (C=O) groups is 3. The summed E-state index contributed by atoms with van der Waals surface area (Å²) < 4.78 is 21.9. The summed E-state index contributed by atoms with van der Waals surface area (Å²) in [6.07, 6.45) is 1.74. The number of aliphatic hydroxyl groups excluding tert-OH is 1. The molecule has 4 atom stereocenters. The fraction of sp³-hybridized carbons (Fsp3) is 0.519. The molecule has 9 nitrogen and oxygen atoms in total. The topological polar surface area (TPSA) is 120 Å². The first-order valence-electron chi connectivity index (χ1n) is 11.8. The van der Waals surface area contributed by atoms with Crippen LogP contribution in [-0.4, -0.2) is 54.8 Å². The highest BCUT2D eigenvalue weighted by atomic mass is 16.7. The van der Waals surface area contributed by atoms with Gasteiger partial charge in [0.05, 0.1) is 31.0 Å². The number of methoxy groups -OCH3 is 1. The standard InChI is InChI=1S/C27H35NO8/c1-25(2,3)36-24(32)28-20(14-17-10-8-7-9-11-17)22(31)35-23-27(5)18(15-29)12-13-26(27,4)19(16-34-23)21(30)33-6/h7-12,16,20,23,29H,13-15H2,1-6H3,(H,28,32)/t20-,23-,26+,27-/m0/s1. The molecule has 0 spiro atoms. The lowest BCUT2D eigenvalue weighted by atomic mass is 9.60. The van der Waals surface area contributed by atoms with Crippen LogP contribution in [0.1, 0.15) is 46.6 Å². The van der Waals surface area contributed by atoms with Gasteiger partial charge >= 0.3 is 18.0 Å². The largest absolute Gasteiger partial charge is 0.466 e. The number of hydrogen-bond acceptors (Lipinski definition) is 8. The molecule has 0 saturated carbocycles. The van der Waals surface area contributed by atoms with Gasteiger partial charge < -0.3 is 29.4 Å². The molecule has 196 valence electrons. The number of benzene rings is 1. The van der Waals surface area contributed by atoms with Crippen LogP contribution in [0.4, 0.5) is 4.79 Å². The van der Waals surface area contributed by atoms with Gasteiger partial charge in [0.25, 0.3) is 6.29 Å². The van der Waals surface area contributed by atoms with E-state index in [1.807, 2.05) is 43.3 Å². The zero-order valence-corrected chi connectivity index (χ0v) is 21.6. The van der Waals surface area contributed by atoms with E-state index in [-0.39, 0.29) is 18.6 Å². The second-order valence-electron chi connectivity index (χ2n) is 10.4. The minimum Gasteiger partial charge on any atom is -0.466 e. The molecule has 1 aromatic rings. The van der Waals surface area contributed by atoms with Gasteiger partial charge in [-0.3, -0.25) is 0 Å². The quantitative estimate of drug-likeness (QED) is 0.331. The number of ether oxygens (including phenoxy) is 4. The molecular weight excluding hydrogens is 466 g/mol. The first-order valence-corrected chi connectivity index (χ1v) is 11.8. The summed E-state index contributed by atoms with van der Waals surface area (Å²) in [5.74, 6) is -1.30. The van der Waals surface area contributed by atoms with Gasteiger partial charge in [-0.2, -0.15) is 0 Å². The van der Waals surface area contributed by atoms with E-state index >= 15 is 0 Å². The van der Waals surface area contributed by atoms with Crippen LogP contribution in [0.25, 0.3) is 0 Å². The first kappa shape index (κ1) is 27.3. The van der Waals surface area contributed by atoms with Crippen molar-refractivity contribution in [2.75, 3.05) is 13.7 Å². The SMILES string of the molecule is COC(=O)C1=CO[C@@H](OC(=O)[C@H](Cc2ccccc2)NC(=O)OC(C)(C)C)[C@]2(C)C(CO)=CC[C@]12C. The normalized spacial score (nSPS) is 25.9. The minimum absolute atomic E-state index is 0.158. The Morgan fingerprint density at radius 3 is 2.44 bits per heavy atom. The highest BCUT2D eigenvalue weighted by Gasteiger charge is 2.62. The summed E-state index contributed by atoms with van der Waals surface area (Å²) >= 11 is 0. The zero-order valence-electron chi connectivity index (χ0n) is 21.6. The van der Waals surface area contributed by atoms with E-state index in [9.17, 15) is 19.5 Å². The maximum Gasteiger partial charge on any atom is 0.408 e. The molecule has 1 aliphatic carbocycles. The van der Waals surface area contributed by atoms with Crippen molar-refractivity contribution in [3.05, 3.63) is 59.4 Å². The molecule has 2 aliphatic rings. The molecule has 0 radical (unpaired) electrons. The Kier molecular flexibility index (Phi) is 7.83. The van der Waals surface area contributed by atoms with Gasteiger partial charge in [-0.15, -0.1) is 0 Å². The van der Waals surface area contributed by atoms with E-state index < -0.39 is 46.8 Å². The van der Waals surface area contributed by atoms with Crippen LogP contribution in [0.5, 0.6) is 0 Å². The highest BCUT2D eigenvalue weighted by Crippen LogP contribution is 2.61. The van der Waals surface area contributed by atoms with Crippen LogP contribution in [0.3, 0.4) is 0 Å². The van der Waals surface area contributed by atoms with Gasteiger partial charge in [0.2, 0.25) is 0 Å². The Balaban J connectivity index is 1.90. The highest BCUT2D eigenvalue weighted by molar-refractivity contribution is 5.90. The number of fused-ring (bicyclic) bond motifs is 1. The van der Waals surface area contributed by atoms with Crippen LogP contribution in [0, 0.1) is 10.8 Å². The molecule has 0 saturated heterocycles. The third kappa shape index (κ3) is 5.26. The van der Waals surface area contributed by atoms with Crippen molar-refractivity contribution in [1.29, 1.82) is 0 Å². The Morgan fingerprint density at radius 1 is 1.19 bits per heavy atom. The molecule has 36 heavy (non-hydrogen) atoms. The van der Waals surface area contributed by atoms with Crippen LogP contribution in [0.15, 0.2) is 53.8 Å². The molecule has 2 N–H and O–H groups in total. The maximum atomic E-state index is 13.5. The van der Waals surface area contributed by atoms with Crippen LogP contribution >= 0.6 is 0 Å². The van der Waals surface area contributed by atoms with Crippen molar-refractivity contribution in [2.24, 2.45) is 10.8 Å². The molecule has 9 heteroatoms. The van der Waals surface area contributed by atoms with Crippen molar-refractivity contribution >= 4 is 18.0 Å². The van der Waals surface area contributed by atoms with E-state index in [0.717, 1.165) is 5.56 Å². The summed E-state index contributed by atoms with van der Waals surface area (Å²) in [6.45, 7) is 8.50. The van der Waals surface area contributed by atoms with Crippen molar-refractivity contribution in [3.8, 4) is 0 Å². The lowest BCUT2D eigenvalue weighted by Gasteiger charge is -2.49. The van der Waals surface area contributed by atoms with Gasteiger partial charge in [0.1, 0.15) is 11.6 Å². The molecule has 3 rings (SSSR count). The summed E-state index contributed by atoms with van der Waals surface area (Å²) in [6, 6.07) is 8.11. The fourth-order valence-electron chi connectivity index (χ4n) is 4.74. The predicted octanol–water partition coefficient (Wildman–Crippen LogP) is 3.41. The molecule has 0 aromatic heterocycles. The summed E-state index contributed by atoms with van der Waals surface area (Å²) in [4.78, 5) is 38.5. The minimum atomic E-state index is -1.16. The predicted molar refractivity (Wildman–Crippen MR) is 130 cm³/mol. The zero-order chi connectivity index (χ0) is 26.7. The van der Waals surface area contributed by atoms with E-state index in [1.165, 1.54) is 13.4 Å². The Morgan fingerprint density at radius 2 is 1.86 bits per heavy atom. The number of aliphatic hydroxyl groups is 1. The van der Waals surface area contributed by atoms with Crippen LogP contribution < -0.4 is 5.32 Å². The second-order valence-corrected chi connectivity index (χ2v) is 10.4. The molecular formula is C27H35NO8. The Hall–Kier alpha value is -3.33. The number of amides is 1. The molecule has 0 bridgehead atoms. The third-order valence-electron chi connectivity index (χ3n) is 7.00. The Bertz CT molecular complexity index is 1060. The third-order valence-corrected chi connectivity index (χ3v) is 7.00. The number of esters is 2. The van der Waals surface area contributed by atoms with Crippen molar-refractivity contribution < 1.29 is 38.4 Å². The monoisotopic (exact) mass is 501 g/mol. The molecule has 0 fully saturated rings. The van der Waals surface area contributed by atoms with E-state index in [1.54, 1.807) is 27.7 Å². The number of hydrogen-bond donors (Lipinski definition) is 2. The van der Waals surface area contributed by atoms with Gasteiger partial charge in [0.15, 0.2) is 0 Å². The number of allylic oxidation sites excluding steroid dienone is 1. The Labute approximate surface area is 211 Å². The van der Waals surface area contributed by atoms with Gasteiger partial charge in [0, 0.05) is 11.8 Å². The number of rotatable bonds is 7. The number of carbonyl (C=O) groups excluding carboxylic acids is 3. The summed E-state index contributed by atoms with van der Waals surface area (Å²) in [5, 5.41) is 12.7. The lowest BCUT2D eigenvalue weighted by Crippen LogP contribution is -2.55. The van der Waals surface area contributed by atoms with Crippen LogP contribution in [0.2, 0.25) is 0 Å². The summed E-state index contributed by atoms with van der Waals surface area (Å²) in [5.41, 5.74) is -0.995. The number of alkyl carbamates (subject to hydrolysis) is 1. The lowest BCUT2D eigenvalue weighted by molar-refractivity contribution is -0.210. The fourth-order valence-corrected chi connectivity index (χ4v) is 4.74. The van der Waals surface area contributed by atoms with Crippen LogP contribution in [-0.2, 0) is 35.0 Å². The van der Waals surface area contributed by atoms with Crippen molar-refractivity contribution in [2.45, 2.75) is 65.4 Å². The van der Waals surface area contributed by atoms with E-state index in [4.69, 9.17) is 18.9 Å². The first-order chi connectivity index (χ1) is 16.9. The van der Waals surface area contributed by atoms with Gasteiger partial charge in [-0.05, 0) is 45.3 Å². The average Bonchev–Trinajstić information content (AvgIpc) is 3.09. The van der Waals surface area contributed by atoms with Crippen molar-refractivity contribution in [1.82, 2.24) is 5.32 Å². The van der Waals surface area contributed by atoms with Gasteiger partial charge in [-0.25, -0.2) is 14.4 Å². The smallest absolute Gasteiger partial charge is 0.408 e.